The minimum atomic E-state index is -0.626. The number of thiocarbonyl (C=S) groups is 1. The molecule has 1 aromatic heterocycles. The van der Waals surface area contributed by atoms with Crippen LogP contribution in [0.4, 0.5) is 0 Å². The number of amides is 2. The Kier molecular flexibility index (Phi) is 4.18. The molecule has 6 nitrogen and oxygen atoms in total. The minimum absolute atomic E-state index is 0.0524. The molecule has 1 aromatic carbocycles. The molecule has 0 radical (unpaired) electrons. The highest BCUT2D eigenvalue weighted by Gasteiger charge is 2.34. The summed E-state index contributed by atoms with van der Waals surface area (Å²) in [4.78, 5) is 24.8. The number of nitrogens with zero attached hydrogens (tertiary/aromatic N) is 1. The second-order valence-corrected chi connectivity index (χ2v) is 6.17. The molecule has 0 bridgehead atoms. The summed E-state index contributed by atoms with van der Waals surface area (Å²) in [6.07, 6.45) is 3.04. The first-order valence-corrected chi connectivity index (χ1v) is 7.69. The lowest BCUT2D eigenvalue weighted by atomic mass is 10.2. The van der Waals surface area contributed by atoms with Crippen LogP contribution in [-0.2, 0) is 4.79 Å². The molecule has 116 valence electrons. The number of nitrogens with one attached hydrogen (secondary N) is 1. The molecule has 0 spiro atoms. The van der Waals surface area contributed by atoms with Crippen molar-refractivity contribution in [2.24, 2.45) is 0 Å². The smallest absolute Gasteiger partial charge is 0.285 e. The molecule has 0 unspecified atom stereocenters. The molecule has 2 heterocycles. The highest BCUT2D eigenvalue weighted by Crippen LogP contribution is 2.31. The molecule has 2 aromatic rings. The molecular formula is C15H10N2O4S2. The van der Waals surface area contributed by atoms with Gasteiger partial charge in [0.1, 0.15) is 11.5 Å². The summed E-state index contributed by atoms with van der Waals surface area (Å²) in [5.74, 6) is -0.752. The Hall–Kier alpha value is -2.58. The number of rotatable bonds is 3. The van der Waals surface area contributed by atoms with Crippen molar-refractivity contribution in [1.29, 1.82) is 0 Å². The normalized spacial score (nSPS) is 16.2. The van der Waals surface area contributed by atoms with Crippen molar-refractivity contribution in [2.75, 3.05) is 0 Å². The molecular weight excluding hydrogens is 336 g/mol. The second-order valence-electron chi connectivity index (χ2n) is 4.49. The number of hydrazine groups is 1. The van der Waals surface area contributed by atoms with Crippen molar-refractivity contribution < 1.29 is 19.1 Å². The van der Waals surface area contributed by atoms with Gasteiger partial charge in [-0.2, -0.15) is 5.01 Å². The van der Waals surface area contributed by atoms with E-state index in [0.29, 0.717) is 10.7 Å². The van der Waals surface area contributed by atoms with E-state index >= 15 is 0 Å². The summed E-state index contributed by atoms with van der Waals surface area (Å²) in [6, 6.07) is 9.43. The van der Waals surface area contributed by atoms with Crippen LogP contribution >= 0.6 is 24.0 Å². The maximum absolute atomic E-state index is 12.3. The van der Waals surface area contributed by atoms with Gasteiger partial charge in [0.2, 0.25) is 0 Å². The third kappa shape index (κ3) is 3.13. The number of furan rings is 1. The van der Waals surface area contributed by atoms with E-state index in [1.54, 1.807) is 30.3 Å². The fraction of sp³-hybridized carbons (Fsp3) is 0. The minimum Gasteiger partial charge on any atom is -0.507 e. The number of para-hydroxylation sites is 1. The van der Waals surface area contributed by atoms with Crippen LogP contribution in [0.2, 0.25) is 0 Å². The quantitative estimate of drug-likeness (QED) is 0.656. The number of carbonyl (C=O) groups excluding carboxylic acids is 2. The third-order valence-corrected chi connectivity index (χ3v) is 4.27. The SMILES string of the molecule is O=C(NN1C(=O)C(=Cc2ccco2)SC1=S)c1ccccc1O. The number of carbonyl (C=O) groups is 2. The van der Waals surface area contributed by atoms with Gasteiger partial charge in [0.25, 0.3) is 11.8 Å². The van der Waals surface area contributed by atoms with Gasteiger partial charge in [-0.15, -0.1) is 0 Å². The predicted molar refractivity (Wildman–Crippen MR) is 89.3 cm³/mol. The summed E-state index contributed by atoms with van der Waals surface area (Å²) in [7, 11) is 0. The number of thioether (sulfide) groups is 1. The molecule has 0 saturated carbocycles. The summed E-state index contributed by atoms with van der Waals surface area (Å²) < 4.78 is 5.35. The zero-order chi connectivity index (χ0) is 16.4. The standard InChI is InChI=1S/C15H10N2O4S2/c18-11-6-2-1-5-10(11)13(19)16-17-14(20)12(23-15(17)22)8-9-4-3-7-21-9/h1-8,18H,(H,16,19). The first-order chi connectivity index (χ1) is 11.1. The zero-order valence-corrected chi connectivity index (χ0v) is 13.2. The molecule has 1 saturated heterocycles. The van der Waals surface area contributed by atoms with Crippen molar-refractivity contribution in [3.8, 4) is 5.75 Å². The van der Waals surface area contributed by atoms with Crippen molar-refractivity contribution in [1.82, 2.24) is 10.4 Å². The van der Waals surface area contributed by atoms with E-state index in [0.717, 1.165) is 16.8 Å². The molecule has 2 amide bonds. The van der Waals surface area contributed by atoms with E-state index in [1.165, 1.54) is 18.4 Å². The van der Waals surface area contributed by atoms with Crippen LogP contribution in [0.15, 0.2) is 52.0 Å². The van der Waals surface area contributed by atoms with Gasteiger partial charge in [-0.05, 0) is 36.5 Å². The maximum atomic E-state index is 12.3. The van der Waals surface area contributed by atoms with Crippen LogP contribution in [0.1, 0.15) is 16.1 Å². The fourth-order valence-electron chi connectivity index (χ4n) is 1.89. The van der Waals surface area contributed by atoms with Gasteiger partial charge >= 0.3 is 0 Å². The Morgan fingerprint density at radius 2 is 2.09 bits per heavy atom. The van der Waals surface area contributed by atoms with E-state index in [9.17, 15) is 14.7 Å². The van der Waals surface area contributed by atoms with Gasteiger partial charge in [-0.3, -0.25) is 15.0 Å². The van der Waals surface area contributed by atoms with Crippen molar-refractivity contribution in [3.05, 3.63) is 58.9 Å². The molecule has 1 aliphatic heterocycles. The van der Waals surface area contributed by atoms with Crippen LogP contribution in [0, 0.1) is 0 Å². The summed E-state index contributed by atoms with van der Waals surface area (Å²) in [5.41, 5.74) is 2.45. The Balaban J connectivity index is 1.79. The molecule has 3 rings (SSSR count). The van der Waals surface area contributed by atoms with E-state index in [-0.39, 0.29) is 15.6 Å². The summed E-state index contributed by atoms with van der Waals surface area (Å²) in [6.45, 7) is 0. The van der Waals surface area contributed by atoms with Gasteiger partial charge in [0, 0.05) is 6.08 Å². The lowest BCUT2D eigenvalue weighted by molar-refractivity contribution is -0.123. The lowest BCUT2D eigenvalue weighted by Crippen LogP contribution is -2.44. The van der Waals surface area contributed by atoms with Crippen LogP contribution < -0.4 is 5.43 Å². The van der Waals surface area contributed by atoms with E-state index in [4.69, 9.17) is 16.6 Å². The molecule has 1 aliphatic rings. The molecule has 8 heteroatoms. The van der Waals surface area contributed by atoms with Gasteiger partial charge < -0.3 is 9.52 Å². The number of hydrogen-bond acceptors (Lipinski definition) is 6. The molecule has 23 heavy (non-hydrogen) atoms. The molecule has 0 aliphatic carbocycles. The lowest BCUT2D eigenvalue weighted by Gasteiger charge is -2.15. The van der Waals surface area contributed by atoms with E-state index in [2.05, 4.69) is 5.43 Å². The predicted octanol–water partition coefficient (Wildman–Crippen LogP) is 2.53. The average molecular weight is 346 g/mol. The van der Waals surface area contributed by atoms with Crippen LogP contribution in [-0.4, -0.2) is 26.3 Å². The van der Waals surface area contributed by atoms with Gasteiger partial charge in [-0.25, -0.2) is 0 Å². The highest BCUT2D eigenvalue weighted by molar-refractivity contribution is 8.26. The summed E-state index contributed by atoms with van der Waals surface area (Å²) >= 11 is 6.16. The number of phenolic OH excluding ortho intramolecular Hbond substituents is 1. The van der Waals surface area contributed by atoms with Gasteiger partial charge in [-0.1, -0.05) is 23.9 Å². The Labute approximate surface area is 140 Å². The Morgan fingerprint density at radius 1 is 1.30 bits per heavy atom. The van der Waals surface area contributed by atoms with E-state index < -0.39 is 11.8 Å². The monoisotopic (exact) mass is 346 g/mol. The van der Waals surface area contributed by atoms with E-state index in [1.807, 2.05) is 0 Å². The Morgan fingerprint density at radius 3 is 2.78 bits per heavy atom. The second kappa shape index (κ2) is 6.27. The first-order valence-electron chi connectivity index (χ1n) is 6.46. The van der Waals surface area contributed by atoms with Crippen LogP contribution in [0.5, 0.6) is 5.75 Å². The number of hydrogen-bond donors (Lipinski definition) is 2. The zero-order valence-electron chi connectivity index (χ0n) is 11.6. The molecule has 0 atom stereocenters. The maximum Gasteiger partial charge on any atom is 0.285 e. The highest BCUT2D eigenvalue weighted by atomic mass is 32.2. The van der Waals surface area contributed by atoms with Crippen LogP contribution in [0.3, 0.4) is 0 Å². The van der Waals surface area contributed by atoms with Crippen molar-refractivity contribution in [3.63, 3.8) is 0 Å². The number of phenols is 1. The van der Waals surface area contributed by atoms with Crippen molar-refractivity contribution >= 4 is 46.2 Å². The molecule has 2 N–H and O–H groups in total. The van der Waals surface area contributed by atoms with Gasteiger partial charge in [0.05, 0.1) is 16.7 Å². The fourth-order valence-corrected chi connectivity index (χ4v) is 3.05. The van der Waals surface area contributed by atoms with Crippen LogP contribution in [0.25, 0.3) is 6.08 Å². The van der Waals surface area contributed by atoms with Crippen molar-refractivity contribution in [2.45, 2.75) is 0 Å². The topological polar surface area (TPSA) is 82.8 Å². The third-order valence-electron chi connectivity index (χ3n) is 2.97. The number of benzene rings is 1. The largest absolute Gasteiger partial charge is 0.507 e. The summed E-state index contributed by atoms with van der Waals surface area (Å²) in [5, 5.41) is 10.7. The van der Waals surface area contributed by atoms with Gasteiger partial charge in [0.15, 0.2) is 4.32 Å². The molecule has 1 fully saturated rings. The Bertz CT molecular complexity index is 815. The average Bonchev–Trinajstić information content (AvgIpc) is 3.12. The first kappa shape index (κ1) is 15.3. The number of aromatic hydroxyl groups is 1.